The lowest BCUT2D eigenvalue weighted by molar-refractivity contribution is -0.137. The number of carbonyl (C=O) groups excluding carboxylic acids is 1. The van der Waals surface area contributed by atoms with Gasteiger partial charge < -0.3 is 9.84 Å². The molecule has 0 amide bonds. The monoisotopic (exact) mass is 210 g/mol. The van der Waals surface area contributed by atoms with Crippen molar-refractivity contribution < 1.29 is 19.4 Å². The Kier molecular flexibility index (Phi) is 4.09. The van der Waals surface area contributed by atoms with E-state index in [0.717, 1.165) is 31.4 Å². The molecule has 4 nitrogen and oxygen atoms in total. The standard InChI is InChI=1S/C6H8O2.C5H6O2/c1-5(7)8-6-3-2-4-6;6-5(7)4-2-1-3-4/h3H,2,4H2,1H3;2H,1,3H2,(H,6,7). The molecule has 0 aliphatic heterocycles. The minimum atomic E-state index is -0.758. The summed E-state index contributed by atoms with van der Waals surface area (Å²) in [6.45, 7) is 1.42. The van der Waals surface area contributed by atoms with E-state index in [4.69, 9.17) is 9.84 Å². The van der Waals surface area contributed by atoms with Gasteiger partial charge in [-0.1, -0.05) is 6.08 Å². The van der Waals surface area contributed by atoms with Crippen LogP contribution in [0, 0.1) is 0 Å². The van der Waals surface area contributed by atoms with Gasteiger partial charge in [0.25, 0.3) is 0 Å². The Morgan fingerprint density at radius 3 is 1.87 bits per heavy atom. The molecular weight excluding hydrogens is 196 g/mol. The van der Waals surface area contributed by atoms with E-state index in [-0.39, 0.29) is 5.97 Å². The summed E-state index contributed by atoms with van der Waals surface area (Å²) < 4.78 is 4.71. The molecule has 2 aliphatic carbocycles. The number of allylic oxidation sites excluding steroid dienone is 3. The Morgan fingerprint density at radius 2 is 1.80 bits per heavy atom. The Morgan fingerprint density at radius 1 is 1.27 bits per heavy atom. The molecular formula is C11H14O4. The van der Waals surface area contributed by atoms with Crippen LogP contribution in [0.3, 0.4) is 0 Å². The van der Waals surface area contributed by atoms with Gasteiger partial charge in [0.2, 0.25) is 0 Å². The zero-order valence-electron chi connectivity index (χ0n) is 8.66. The van der Waals surface area contributed by atoms with E-state index in [1.165, 1.54) is 6.92 Å². The second kappa shape index (κ2) is 5.34. The molecule has 0 saturated heterocycles. The number of carbonyl (C=O) groups is 2. The maximum atomic E-state index is 10.2. The fourth-order valence-electron chi connectivity index (χ4n) is 1.02. The predicted octanol–water partition coefficient (Wildman–Crippen LogP) is 2.02. The van der Waals surface area contributed by atoms with Crippen LogP contribution in [0.4, 0.5) is 0 Å². The van der Waals surface area contributed by atoms with Crippen LogP contribution in [0.1, 0.15) is 32.6 Å². The summed E-state index contributed by atoms with van der Waals surface area (Å²) in [4.78, 5) is 20.1. The fourth-order valence-corrected chi connectivity index (χ4v) is 1.02. The second-order valence-corrected chi connectivity index (χ2v) is 3.38. The molecule has 2 rings (SSSR count). The highest BCUT2D eigenvalue weighted by Gasteiger charge is 2.11. The van der Waals surface area contributed by atoms with Crippen LogP contribution >= 0.6 is 0 Å². The van der Waals surface area contributed by atoms with Gasteiger partial charge in [-0.2, -0.15) is 0 Å². The topological polar surface area (TPSA) is 63.6 Å². The Balaban J connectivity index is 0.000000151. The lowest BCUT2D eigenvalue weighted by Gasteiger charge is -2.11. The average Bonchev–Trinajstić information content (AvgIpc) is 1.93. The van der Waals surface area contributed by atoms with Gasteiger partial charge in [-0.3, -0.25) is 4.79 Å². The highest BCUT2D eigenvalue weighted by atomic mass is 16.5. The first-order chi connectivity index (χ1) is 7.09. The Labute approximate surface area is 88.2 Å². The van der Waals surface area contributed by atoms with Crippen molar-refractivity contribution in [3.8, 4) is 0 Å². The van der Waals surface area contributed by atoms with Crippen LogP contribution < -0.4 is 0 Å². The number of carboxylic acids is 1. The first kappa shape index (κ1) is 11.5. The predicted molar refractivity (Wildman–Crippen MR) is 54.0 cm³/mol. The van der Waals surface area contributed by atoms with Gasteiger partial charge in [0.05, 0.1) is 0 Å². The molecule has 0 atom stereocenters. The number of ether oxygens (including phenoxy) is 1. The molecule has 0 fully saturated rings. The third-order valence-corrected chi connectivity index (χ3v) is 2.12. The van der Waals surface area contributed by atoms with Crippen molar-refractivity contribution in [1.82, 2.24) is 0 Å². The number of rotatable bonds is 2. The van der Waals surface area contributed by atoms with E-state index in [1.54, 1.807) is 6.08 Å². The molecule has 2 aliphatic rings. The fraction of sp³-hybridized carbons (Fsp3) is 0.455. The van der Waals surface area contributed by atoms with Gasteiger partial charge in [-0.05, 0) is 25.3 Å². The van der Waals surface area contributed by atoms with Gasteiger partial charge in [0.1, 0.15) is 5.76 Å². The van der Waals surface area contributed by atoms with Gasteiger partial charge in [0.15, 0.2) is 0 Å². The maximum absolute atomic E-state index is 10.2. The van der Waals surface area contributed by atoms with Crippen molar-refractivity contribution in [2.45, 2.75) is 32.6 Å². The summed E-state index contributed by atoms with van der Waals surface area (Å²) in [5.74, 6) is -0.139. The van der Waals surface area contributed by atoms with Gasteiger partial charge >= 0.3 is 11.9 Å². The number of hydrogen-bond donors (Lipinski definition) is 1. The minimum Gasteiger partial charge on any atom is -0.478 e. The number of carboxylic acid groups (broad SMARTS) is 1. The summed E-state index contributed by atoms with van der Waals surface area (Å²) in [5.41, 5.74) is 0.569. The molecule has 0 aromatic rings. The van der Waals surface area contributed by atoms with Crippen LogP contribution in [0.25, 0.3) is 0 Å². The van der Waals surface area contributed by atoms with Crippen LogP contribution in [-0.4, -0.2) is 17.0 Å². The highest BCUT2D eigenvalue weighted by molar-refractivity contribution is 5.87. The Hall–Kier alpha value is -1.58. The molecule has 0 aromatic carbocycles. The zero-order valence-corrected chi connectivity index (χ0v) is 8.66. The lowest BCUT2D eigenvalue weighted by atomic mass is 10.00. The van der Waals surface area contributed by atoms with Crippen molar-refractivity contribution in [2.24, 2.45) is 0 Å². The summed E-state index contributed by atoms with van der Waals surface area (Å²) in [6, 6.07) is 0. The van der Waals surface area contributed by atoms with E-state index >= 15 is 0 Å². The average molecular weight is 210 g/mol. The van der Waals surface area contributed by atoms with E-state index in [2.05, 4.69) is 0 Å². The zero-order chi connectivity index (χ0) is 11.3. The minimum absolute atomic E-state index is 0.212. The SMILES string of the molecule is CC(=O)OC1=CCC1.O=C(O)C1=CCC1. The lowest BCUT2D eigenvalue weighted by Crippen LogP contribution is -2.05. The summed E-state index contributed by atoms with van der Waals surface area (Å²) in [5, 5.41) is 8.16. The van der Waals surface area contributed by atoms with Crippen LogP contribution in [0.5, 0.6) is 0 Å². The quantitative estimate of drug-likeness (QED) is 0.708. The summed E-state index contributed by atoms with van der Waals surface area (Å²) in [7, 11) is 0. The van der Waals surface area contributed by atoms with E-state index in [1.807, 2.05) is 6.08 Å². The number of esters is 1. The molecule has 0 saturated carbocycles. The highest BCUT2D eigenvalue weighted by Crippen LogP contribution is 2.18. The van der Waals surface area contributed by atoms with Gasteiger partial charge in [-0.15, -0.1) is 0 Å². The molecule has 0 unspecified atom stereocenters. The largest absolute Gasteiger partial charge is 0.478 e. The van der Waals surface area contributed by atoms with E-state index in [9.17, 15) is 9.59 Å². The molecule has 82 valence electrons. The second-order valence-electron chi connectivity index (χ2n) is 3.38. The van der Waals surface area contributed by atoms with Crippen molar-refractivity contribution in [2.75, 3.05) is 0 Å². The van der Waals surface area contributed by atoms with Crippen LogP contribution in [0.15, 0.2) is 23.5 Å². The third kappa shape index (κ3) is 3.97. The first-order valence-corrected chi connectivity index (χ1v) is 4.89. The van der Waals surface area contributed by atoms with E-state index < -0.39 is 5.97 Å². The smallest absolute Gasteiger partial charge is 0.331 e. The molecule has 0 heterocycles. The van der Waals surface area contributed by atoms with Crippen LogP contribution in [0.2, 0.25) is 0 Å². The van der Waals surface area contributed by atoms with Crippen molar-refractivity contribution in [3.63, 3.8) is 0 Å². The molecule has 1 N–H and O–H groups in total. The molecule has 0 aromatic heterocycles. The number of hydrogen-bond acceptors (Lipinski definition) is 3. The van der Waals surface area contributed by atoms with E-state index in [0.29, 0.717) is 5.57 Å². The maximum Gasteiger partial charge on any atom is 0.331 e. The van der Waals surface area contributed by atoms with Crippen molar-refractivity contribution in [1.29, 1.82) is 0 Å². The third-order valence-electron chi connectivity index (χ3n) is 2.12. The van der Waals surface area contributed by atoms with Crippen molar-refractivity contribution >= 4 is 11.9 Å². The van der Waals surface area contributed by atoms with Gasteiger partial charge in [0, 0.05) is 18.9 Å². The molecule has 0 spiro atoms. The first-order valence-electron chi connectivity index (χ1n) is 4.89. The van der Waals surface area contributed by atoms with Crippen molar-refractivity contribution in [3.05, 3.63) is 23.5 Å². The molecule has 0 radical (unpaired) electrons. The summed E-state index contributed by atoms with van der Waals surface area (Å²) in [6.07, 6.45) is 7.35. The number of aliphatic carboxylic acids is 1. The summed E-state index contributed by atoms with van der Waals surface area (Å²) >= 11 is 0. The Bertz CT molecular complexity index is 325. The molecule has 4 heteroatoms. The van der Waals surface area contributed by atoms with Crippen LogP contribution in [-0.2, 0) is 14.3 Å². The molecule has 0 bridgehead atoms. The van der Waals surface area contributed by atoms with Gasteiger partial charge in [-0.25, -0.2) is 4.79 Å². The normalized spacial score (nSPS) is 16.9. The molecule has 15 heavy (non-hydrogen) atoms.